The normalized spacial score (nSPS) is 10.9. The Morgan fingerprint density at radius 2 is 0.369 bits per heavy atom. The van der Waals surface area contributed by atoms with Crippen molar-refractivity contribution in [2.24, 2.45) is 0 Å². The van der Waals surface area contributed by atoms with Gasteiger partial charge in [-0.1, -0.05) is 200 Å². The third-order valence-electron chi connectivity index (χ3n) is 15.0. The molecule has 402 valence electrons. The molecule has 0 spiro atoms. The Kier molecular flexibility index (Phi) is 15.2. The van der Waals surface area contributed by atoms with Crippen LogP contribution in [-0.4, -0.2) is 0 Å². The minimum Gasteiger partial charge on any atom is -0.355 e. The van der Waals surface area contributed by atoms with Crippen LogP contribution in [0.3, 0.4) is 0 Å². The van der Waals surface area contributed by atoms with E-state index in [4.69, 9.17) is 0 Å². The first-order chi connectivity index (χ1) is 41.6. The van der Waals surface area contributed by atoms with Crippen molar-refractivity contribution in [2.75, 3.05) is 30.7 Å². The standard InChI is InChI=1S/C78H60N6/c1-7-25-58(26-8-1)73-37-19-22-40-76(73)79-61-43-49-67(50-44-61)82(64-31-13-4-14-32-64)70-55-71(83(65-33-15-5-16-34-65)68-51-45-62(46-52-68)80-77-41-23-20-38-74(77)59-27-9-2-10-28-59)57-72(56-70)84(66-35-17-6-18-36-66)69-53-47-63(48-54-69)81-78-42-24-21-39-75(78)60-29-11-3-12-30-60/h1-57,79-81H. The Hall–Kier alpha value is -11.3. The minimum absolute atomic E-state index is 0.970. The molecule has 0 saturated carbocycles. The van der Waals surface area contributed by atoms with E-state index in [0.29, 0.717) is 0 Å². The van der Waals surface area contributed by atoms with Crippen LogP contribution in [0.4, 0.5) is 85.3 Å². The molecule has 0 atom stereocenters. The zero-order valence-electron chi connectivity index (χ0n) is 46.3. The molecule has 6 heteroatoms. The fourth-order valence-electron chi connectivity index (χ4n) is 11.0. The molecule has 6 nitrogen and oxygen atoms in total. The van der Waals surface area contributed by atoms with Crippen molar-refractivity contribution in [1.29, 1.82) is 0 Å². The average Bonchev–Trinajstić information content (AvgIpc) is 2.76. The van der Waals surface area contributed by atoms with Crippen molar-refractivity contribution in [3.05, 3.63) is 346 Å². The molecular weight excluding hydrogens is 1020 g/mol. The van der Waals surface area contributed by atoms with Crippen LogP contribution in [0, 0.1) is 0 Å². The van der Waals surface area contributed by atoms with E-state index in [1.165, 1.54) is 0 Å². The van der Waals surface area contributed by atoms with E-state index in [2.05, 4.69) is 376 Å². The molecule has 0 fully saturated rings. The summed E-state index contributed by atoms with van der Waals surface area (Å²) in [4.78, 5) is 7.07. The highest BCUT2D eigenvalue weighted by Gasteiger charge is 2.23. The van der Waals surface area contributed by atoms with Crippen molar-refractivity contribution in [3.63, 3.8) is 0 Å². The summed E-state index contributed by atoms with van der Waals surface area (Å²) in [5, 5.41) is 11.3. The second kappa shape index (κ2) is 24.6. The van der Waals surface area contributed by atoms with Crippen LogP contribution < -0.4 is 30.7 Å². The lowest BCUT2D eigenvalue weighted by atomic mass is 10.0. The summed E-state index contributed by atoms with van der Waals surface area (Å²) < 4.78 is 0. The molecule has 13 aromatic carbocycles. The average molecular weight is 1080 g/mol. The minimum atomic E-state index is 0.970. The molecule has 13 aromatic rings. The number of para-hydroxylation sites is 6. The lowest BCUT2D eigenvalue weighted by Crippen LogP contribution is -2.16. The van der Waals surface area contributed by atoms with Crippen LogP contribution in [0.1, 0.15) is 0 Å². The van der Waals surface area contributed by atoms with Crippen LogP contribution in [0.2, 0.25) is 0 Å². The van der Waals surface area contributed by atoms with Gasteiger partial charge in [0.05, 0.1) is 17.1 Å². The number of benzene rings is 13. The number of nitrogens with zero attached hydrogens (tertiary/aromatic N) is 3. The zero-order valence-corrected chi connectivity index (χ0v) is 46.3. The summed E-state index contributed by atoms with van der Waals surface area (Å²) in [5.74, 6) is 0. The molecule has 0 aliphatic rings. The molecule has 0 saturated heterocycles. The molecule has 0 bridgehead atoms. The van der Waals surface area contributed by atoms with Gasteiger partial charge in [-0.3, -0.25) is 0 Å². The highest BCUT2D eigenvalue weighted by molar-refractivity contribution is 5.91. The maximum absolute atomic E-state index is 3.75. The summed E-state index contributed by atoms with van der Waals surface area (Å²) in [7, 11) is 0. The third-order valence-corrected chi connectivity index (χ3v) is 15.0. The first-order valence-electron chi connectivity index (χ1n) is 28.4. The number of hydrogen-bond acceptors (Lipinski definition) is 6. The van der Waals surface area contributed by atoms with Crippen molar-refractivity contribution in [1.82, 2.24) is 0 Å². The monoisotopic (exact) mass is 1080 g/mol. The van der Waals surface area contributed by atoms with E-state index in [-0.39, 0.29) is 0 Å². The zero-order chi connectivity index (χ0) is 56.3. The third kappa shape index (κ3) is 11.6. The quantitative estimate of drug-likeness (QED) is 0.0796. The Balaban J connectivity index is 0.940. The van der Waals surface area contributed by atoms with Gasteiger partial charge in [-0.25, -0.2) is 0 Å². The fourth-order valence-corrected chi connectivity index (χ4v) is 11.0. The Morgan fingerprint density at radius 1 is 0.167 bits per heavy atom. The first kappa shape index (κ1) is 52.1. The Labute approximate surface area is 492 Å². The maximum Gasteiger partial charge on any atom is 0.0503 e. The highest BCUT2D eigenvalue weighted by atomic mass is 15.2. The molecule has 13 rings (SSSR count). The van der Waals surface area contributed by atoms with Crippen LogP contribution >= 0.6 is 0 Å². The highest BCUT2D eigenvalue weighted by Crippen LogP contribution is 2.47. The summed E-state index contributed by atoms with van der Waals surface area (Å²) in [6.45, 7) is 0. The van der Waals surface area contributed by atoms with E-state index < -0.39 is 0 Å². The van der Waals surface area contributed by atoms with Crippen LogP contribution in [-0.2, 0) is 0 Å². The predicted molar refractivity (Wildman–Crippen MR) is 356 cm³/mol. The van der Waals surface area contributed by atoms with E-state index in [9.17, 15) is 0 Å². The molecule has 0 radical (unpaired) electrons. The van der Waals surface area contributed by atoms with Gasteiger partial charge in [0.1, 0.15) is 0 Å². The topological polar surface area (TPSA) is 45.8 Å². The van der Waals surface area contributed by atoms with Crippen LogP contribution in [0.5, 0.6) is 0 Å². The van der Waals surface area contributed by atoms with Crippen molar-refractivity contribution >= 4 is 85.3 Å². The number of nitrogens with one attached hydrogen (secondary N) is 3. The van der Waals surface area contributed by atoms with E-state index in [1.54, 1.807) is 0 Å². The molecule has 84 heavy (non-hydrogen) atoms. The molecule has 0 unspecified atom stereocenters. The van der Waals surface area contributed by atoms with Crippen molar-refractivity contribution in [2.45, 2.75) is 0 Å². The smallest absolute Gasteiger partial charge is 0.0503 e. The maximum atomic E-state index is 3.75. The molecule has 0 aliphatic heterocycles. The Bertz CT molecular complexity index is 3790. The van der Waals surface area contributed by atoms with Gasteiger partial charge in [0.2, 0.25) is 0 Å². The van der Waals surface area contributed by atoms with E-state index in [1.807, 2.05) is 0 Å². The van der Waals surface area contributed by atoms with Gasteiger partial charge in [0.25, 0.3) is 0 Å². The van der Waals surface area contributed by atoms with Crippen molar-refractivity contribution in [3.8, 4) is 33.4 Å². The molecule has 0 amide bonds. The molecule has 0 aromatic heterocycles. The molecular formula is C78H60N6. The number of hydrogen-bond donors (Lipinski definition) is 3. The van der Waals surface area contributed by atoms with Crippen LogP contribution in [0.25, 0.3) is 33.4 Å². The van der Waals surface area contributed by atoms with Gasteiger partial charge < -0.3 is 30.7 Å². The van der Waals surface area contributed by atoms with Gasteiger partial charge in [-0.05, 0) is 162 Å². The van der Waals surface area contributed by atoms with Crippen molar-refractivity contribution < 1.29 is 0 Å². The lowest BCUT2D eigenvalue weighted by molar-refractivity contribution is 1.22. The summed E-state index contributed by atoms with van der Waals surface area (Å²) in [5.41, 5.74) is 21.9. The number of anilines is 15. The van der Waals surface area contributed by atoms with E-state index >= 15 is 0 Å². The van der Waals surface area contributed by atoms with Gasteiger partial charge in [-0.2, -0.15) is 0 Å². The van der Waals surface area contributed by atoms with E-state index in [0.717, 1.165) is 119 Å². The van der Waals surface area contributed by atoms with Gasteiger partial charge in [0, 0.05) is 84.9 Å². The lowest BCUT2D eigenvalue weighted by Gasteiger charge is -2.33. The number of rotatable bonds is 18. The van der Waals surface area contributed by atoms with Gasteiger partial charge >= 0.3 is 0 Å². The Morgan fingerprint density at radius 3 is 0.619 bits per heavy atom. The SMILES string of the molecule is c1ccc(-c2ccccc2Nc2ccc(N(c3ccccc3)c3cc(N(c4ccccc4)c4ccc(Nc5ccccc5-c5ccccc5)cc4)cc(N(c4ccccc4)c4ccc(Nc5ccccc5-c5ccccc5)cc4)c3)cc2)cc1. The molecule has 0 aliphatic carbocycles. The first-order valence-corrected chi connectivity index (χ1v) is 28.4. The van der Waals surface area contributed by atoms with Gasteiger partial charge in [-0.15, -0.1) is 0 Å². The molecule has 0 heterocycles. The van der Waals surface area contributed by atoms with Crippen LogP contribution in [0.15, 0.2) is 346 Å². The fraction of sp³-hybridized carbons (Fsp3) is 0. The second-order valence-corrected chi connectivity index (χ2v) is 20.5. The summed E-state index contributed by atoms with van der Waals surface area (Å²) in [6, 6.07) is 122. The second-order valence-electron chi connectivity index (χ2n) is 20.5. The largest absolute Gasteiger partial charge is 0.355 e. The summed E-state index contributed by atoms with van der Waals surface area (Å²) in [6.07, 6.45) is 0. The summed E-state index contributed by atoms with van der Waals surface area (Å²) >= 11 is 0. The molecule has 3 N–H and O–H groups in total. The predicted octanol–water partition coefficient (Wildman–Crippen LogP) is 22.3. The van der Waals surface area contributed by atoms with Gasteiger partial charge in [0.15, 0.2) is 0 Å².